The van der Waals surface area contributed by atoms with Crippen molar-refractivity contribution in [3.63, 3.8) is 0 Å². The minimum atomic E-state index is 0.228. The first-order valence-corrected chi connectivity index (χ1v) is 14.5. The molecule has 5 aromatic rings. The summed E-state index contributed by atoms with van der Waals surface area (Å²) in [6, 6.07) is 20.3. The van der Waals surface area contributed by atoms with Gasteiger partial charge in [-0.15, -0.1) is 0 Å². The van der Waals surface area contributed by atoms with Crippen LogP contribution in [0.4, 0.5) is 0 Å². The molecule has 202 valence electrons. The van der Waals surface area contributed by atoms with Crippen LogP contribution in [0.15, 0.2) is 91.7 Å². The number of fused-ring (bicyclic) bond motifs is 2. The molecule has 7 rings (SSSR count). The Bertz CT molecular complexity index is 1710. The van der Waals surface area contributed by atoms with E-state index in [2.05, 4.69) is 99.8 Å². The summed E-state index contributed by atoms with van der Waals surface area (Å²) in [6.07, 6.45) is 9.28. The maximum absolute atomic E-state index is 5.06. The Morgan fingerprint density at radius 3 is 2.50 bits per heavy atom. The van der Waals surface area contributed by atoms with Crippen molar-refractivity contribution in [2.75, 3.05) is 6.54 Å². The van der Waals surface area contributed by atoms with Gasteiger partial charge in [0.15, 0.2) is 0 Å². The van der Waals surface area contributed by atoms with Crippen molar-refractivity contribution in [1.82, 2.24) is 30.2 Å². The number of aromatic amines is 2. The second-order valence-corrected chi connectivity index (χ2v) is 11.4. The fourth-order valence-electron chi connectivity index (χ4n) is 6.17. The van der Waals surface area contributed by atoms with Crippen molar-refractivity contribution in [1.29, 1.82) is 0 Å². The molecule has 6 heteroatoms. The Morgan fingerprint density at radius 2 is 1.75 bits per heavy atom. The average Bonchev–Trinajstić information content (AvgIpc) is 3.36. The summed E-state index contributed by atoms with van der Waals surface area (Å²) in [6.45, 7) is 12.0. The maximum Gasteiger partial charge on any atom is 0.130 e. The highest BCUT2D eigenvalue weighted by Crippen LogP contribution is 2.41. The van der Waals surface area contributed by atoms with Gasteiger partial charge in [0.2, 0.25) is 0 Å². The third-order valence-electron chi connectivity index (χ3n) is 8.66. The minimum absolute atomic E-state index is 0.228. The predicted octanol–water partition coefficient (Wildman–Crippen LogP) is 7.72. The molecule has 2 atom stereocenters. The first-order valence-electron chi connectivity index (χ1n) is 14.5. The fourth-order valence-corrected chi connectivity index (χ4v) is 6.17. The second-order valence-electron chi connectivity index (χ2n) is 11.4. The second kappa shape index (κ2) is 10.0. The van der Waals surface area contributed by atoms with Crippen molar-refractivity contribution in [3.05, 3.63) is 97.5 Å². The third-order valence-corrected chi connectivity index (χ3v) is 8.66. The normalized spacial score (nSPS) is 17.9. The van der Waals surface area contributed by atoms with Crippen LogP contribution < -0.4 is 5.32 Å². The molecule has 2 aromatic heterocycles. The minimum Gasteiger partial charge on any atom is -0.380 e. The lowest BCUT2D eigenvalue weighted by molar-refractivity contribution is 0.282. The van der Waals surface area contributed by atoms with Crippen LogP contribution in [0, 0.1) is 5.92 Å². The number of aromatic nitrogens is 4. The highest BCUT2D eigenvalue weighted by Gasteiger charge is 2.38. The third kappa shape index (κ3) is 4.57. The Kier molecular flexibility index (Phi) is 6.18. The van der Waals surface area contributed by atoms with Crippen molar-refractivity contribution in [3.8, 4) is 22.4 Å². The van der Waals surface area contributed by atoms with Gasteiger partial charge in [0.1, 0.15) is 5.82 Å². The first kappa shape index (κ1) is 24.7. The molecule has 2 fully saturated rings. The lowest BCUT2D eigenvalue weighted by Gasteiger charge is -2.33. The van der Waals surface area contributed by atoms with E-state index in [1.807, 2.05) is 6.20 Å². The quantitative estimate of drug-likeness (QED) is 0.183. The van der Waals surface area contributed by atoms with Gasteiger partial charge in [0.05, 0.1) is 41.3 Å². The molecule has 1 aliphatic carbocycles. The average molecular weight is 529 g/mol. The Balaban J connectivity index is 1.15. The van der Waals surface area contributed by atoms with E-state index >= 15 is 0 Å². The lowest BCUT2D eigenvalue weighted by Crippen LogP contribution is -2.39. The lowest BCUT2D eigenvalue weighted by atomic mass is 9.99. The van der Waals surface area contributed by atoms with Gasteiger partial charge in [-0.3, -0.25) is 0 Å². The topological polar surface area (TPSA) is 72.6 Å². The van der Waals surface area contributed by atoms with E-state index in [-0.39, 0.29) is 12.1 Å². The number of hydrogen-bond donors (Lipinski definition) is 3. The molecule has 0 radical (unpaired) electrons. The number of hydrogen-bond acceptors (Lipinski definition) is 4. The van der Waals surface area contributed by atoms with Gasteiger partial charge in [-0.25, -0.2) is 9.97 Å². The molecule has 3 N–H and O–H groups in total. The monoisotopic (exact) mass is 528 g/mol. The van der Waals surface area contributed by atoms with Gasteiger partial charge >= 0.3 is 0 Å². The van der Waals surface area contributed by atoms with Crippen LogP contribution in [0.5, 0.6) is 0 Å². The number of rotatable bonds is 9. The summed E-state index contributed by atoms with van der Waals surface area (Å²) >= 11 is 0. The summed E-state index contributed by atoms with van der Waals surface area (Å²) in [5, 5.41) is 6.11. The molecule has 0 bridgehead atoms. The van der Waals surface area contributed by atoms with Gasteiger partial charge in [-0.2, -0.15) is 0 Å². The van der Waals surface area contributed by atoms with Gasteiger partial charge in [0.25, 0.3) is 0 Å². The molecule has 40 heavy (non-hydrogen) atoms. The van der Waals surface area contributed by atoms with Crippen LogP contribution in [0.25, 0.3) is 44.2 Å². The number of benzene rings is 3. The predicted molar refractivity (Wildman–Crippen MR) is 164 cm³/mol. The van der Waals surface area contributed by atoms with Crippen LogP contribution >= 0.6 is 0 Å². The smallest absolute Gasteiger partial charge is 0.130 e. The first-order chi connectivity index (χ1) is 19.6. The molecule has 3 heterocycles. The maximum atomic E-state index is 5.06. The molecule has 6 nitrogen and oxygen atoms in total. The zero-order valence-corrected chi connectivity index (χ0v) is 23.1. The van der Waals surface area contributed by atoms with Gasteiger partial charge in [-0.1, -0.05) is 50.4 Å². The van der Waals surface area contributed by atoms with E-state index in [1.54, 1.807) is 6.33 Å². The zero-order valence-electron chi connectivity index (χ0n) is 23.1. The number of nitrogens with one attached hydrogen (secondary N) is 3. The Labute approximate surface area is 235 Å². The van der Waals surface area contributed by atoms with Crippen molar-refractivity contribution >= 4 is 21.8 Å². The van der Waals surface area contributed by atoms with Crippen molar-refractivity contribution < 1.29 is 0 Å². The summed E-state index contributed by atoms with van der Waals surface area (Å²) in [7, 11) is 0. The Hall–Kier alpha value is -4.32. The molecule has 0 unspecified atom stereocenters. The van der Waals surface area contributed by atoms with Crippen molar-refractivity contribution in [2.45, 2.75) is 51.1 Å². The van der Waals surface area contributed by atoms with Gasteiger partial charge in [-0.05, 0) is 84.2 Å². The molecule has 2 aliphatic rings. The van der Waals surface area contributed by atoms with E-state index in [9.17, 15) is 0 Å². The Morgan fingerprint density at radius 1 is 1.00 bits per heavy atom. The van der Waals surface area contributed by atoms with Crippen molar-refractivity contribution in [2.24, 2.45) is 5.92 Å². The molecule has 1 saturated heterocycles. The van der Waals surface area contributed by atoms with Crippen LogP contribution in [0.1, 0.15) is 50.9 Å². The van der Waals surface area contributed by atoms with E-state index in [0.717, 1.165) is 59.6 Å². The van der Waals surface area contributed by atoms with E-state index < -0.39 is 0 Å². The highest BCUT2D eigenvalue weighted by molar-refractivity contribution is 5.91. The number of likely N-dealkylation sites (tertiary alicyclic amines) is 1. The van der Waals surface area contributed by atoms with Crippen LogP contribution in [-0.4, -0.2) is 37.4 Å². The summed E-state index contributed by atoms with van der Waals surface area (Å²) < 4.78 is 0. The SMILES string of the molecule is C=C(CC)N[C@H](C(=C)N1CCC[C@H]1c1nc2ccc(-c3ccc4cc(-c5cnc[nH]5)ccc4c3)cc2[nH]1)C1CC1. The summed E-state index contributed by atoms with van der Waals surface area (Å²) in [5.74, 6) is 1.70. The molecule has 1 saturated carbocycles. The van der Waals surface area contributed by atoms with Crippen LogP contribution in [0.3, 0.4) is 0 Å². The number of nitrogens with zero attached hydrogens (tertiary/aromatic N) is 3. The van der Waals surface area contributed by atoms with Crippen LogP contribution in [-0.2, 0) is 0 Å². The highest BCUT2D eigenvalue weighted by atomic mass is 15.2. The largest absolute Gasteiger partial charge is 0.380 e. The van der Waals surface area contributed by atoms with Gasteiger partial charge in [0, 0.05) is 23.5 Å². The number of imidazole rings is 2. The van der Waals surface area contributed by atoms with E-state index in [1.165, 1.54) is 40.4 Å². The fraction of sp³-hybridized carbons (Fsp3) is 0.294. The summed E-state index contributed by atoms with van der Waals surface area (Å²) in [4.78, 5) is 18.6. The zero-order chi connectivity index (χ0) is 27.2. The molecule has 0 spiro atoms. The molecule has 1 aliphatic heterocycles. The molecule has 0 amide bonds. The standard InChI is InChI=1S/C34H36N6/c1-4-21(2)37-33(23-7-8-23)22(3)40-15-5-6-32(40)34-38-29-14-13-27(18-30(29)39-34)25-9-10-26-17-28(12-11-24(26)16-25)31-19-35-20-36-31/h9-14,16-20,23,32-33,37H,2-8,15H2,1H3,(H,35,36)(H,38,39)/t32-,33+/m0/s1. The molecular formula is C34H36N6. The number of allylic oxidation sites excluding steroid dienone is 1. The molecular weight excluding hydrogens is 492 g/mol. The van der Waals surface area contributed by atoms with Gasteiger partial charge < -0.3 is 20.2 Å². The van der Waals surface area contributed by atoms with Crippen LogP contribution in [0.2, 0.25) is 0 Å². The van der Waals surface area contributed by atoms with E-state index in [4.69, 9.17) is 4.98 Å². The number of H-pyrrole nitrogens is 2. The van der Waals surface area contributed by atoms with E-state index in [0.29, 0.717) is 5.92 Å². The molecule has 3 aromatic carbocycles. The summed E-state index contributed by atoms with van der Waals surface area (Å²) in [5.41, 5.74) is 8.93.